The molecule has 1 aliphatic heterocycles. The van der Waals surface area contributed by atoms with Crippen molar-refractivity contribution in [3.05, 3.63) is 69.7 Å². The lowest BCUT2D eigenvalue weighted by atomic mass is 9.98. The summed E-state index contributed by atoms with van der Waals surface area (Å²) in [5.74, 6) is -0.418. The van der Waals surface area contributed by atoms with Crippen LogP contribution in [0.15, 0.2) is 53.0 Å². The molecule has 0 spiro atoms. The summed E-state index contributed by atoms with van der Waals surface area (Å²) in [4.78, 5) is 25.4. The Hall–Kier alpha value is -2.02. The van der Waals surface area contributed by atoms with Crippen LogP contribution in [0.1, 0.15) is 45.5 Å². The summed E-state index contributed by atoms with van der Waals surface area (Å²) in [5, 5.41) is 2.87. The lowest BCUT2D eigenvalue weighted by molar-refractivity contribution is 0.0166. The third-order valence-electron chi connectivity index (χ3n) is 4.60. The molecule has 1 atom stereocenters. The van der Waals surface area contributed by atoms with Gasteiger partial charge in [0, 0.05) is 35.4 Å². The van der Waals surface area contributed by atoms with E-state index in [1.165, 1.54) is 0 Å². The van der Waals surface area contributed by atoms with Crippen LogP contribution in [0.3, 0.4) is 0 Å². The zero-order chi connectivity index (χ0) is 19.8. The van der Waals surface area contributed by atoms with Crippen LogP contribution in [-0.4, -0.2) is 44.2 Å². The van der Waals surface area contributed by atoms with Crippen molar-refractivity contribution in [2.75, 3.05) is 26.4 Å². The van der Waals surface area contributed by atoms with Gasteiger partial charge in [-0.2, -0.15) is 0 Å². The SMILES string of the molecule is O=C(NCCCOCC1CCCO1)c1ccccc1C(=O)c1ccc(Br)cc1. The number of carbonyl (C=O) groups is 2. The van der Waals surface area contributed by atoms with Gasteiger partial charge < -0.3 is 14.8 Å². The van der Waals surface area contributed by atoms with Crippen molar-refractivity contribution >= 4 is 27.6 Å². The van der Waals surface area contributed by atoms with Crippen molar-refractivity contribution in [1.29, 1.82) is 0 Å². The third kappa shape index (κ3) is 5.74. The molecule has 0 aliphatic carbocycles. The molecule has 1 unspecified atom stereocenters. The van der Waals surface area contributed by atoms with Crippen molar-refractivity contribution < 1.29 is 19.1 Å². The van der Waals surface area contributed by atoms with Gasteiger partial charge in [-0.15, -0.1) is 0 Å². The first kappa shape index (κ1) is 20.7. The lowest BCUT2D eigenvalue weighted by Gasteiger charge is -2.11. The fourth-order valence-corrected chi connectivity index (χ4v) is 3.36. The number of hydrogen-bond acceptors (Lipinski definition) is 4. The average Bonchev–Trinajstić information content (AvgIpc) is 3.24. The topological polar surface area (TPSA) is 64.6 Å². The van der Waals surface area contributed by atoms with Gasteiger partial charge in [-0.1, -0.05) is 34.1 Å². The smallest absolute Gasteiger partial charge is 0.252 e. The number of ketones is 1. The number of ether oxygens (including phenoxy) is 2. The van der Waals surface area contributed by atoms with Gasteiger partial charge in [-0.05, 0) is 49.6 Å². The van der Waals surface area contributed by atoms with Gasteiger partial charge in [-0.25, -0.2) is 0 Å². The van der Waals surface area contributed by atoms with E-state index in [1.54, 1.807) is 36.4 Å². The average molecular weight is 446 g/mol. The van der Waals surface area contributed by atoms with E-state index in [2.05, 4.69) is 21.2 Å². The molecule has 2 aromatic rings. The van der Waals surface area contributed by atoms with Crippen LogP contribution in [0.25, 0.3) is 0 Å². The van der Waals surface area contributed by atoms with E-state index >= 15 is 0 Å². The summed E-state index contributed by atoms with van der Waals surface area (Å²) < 4.78 is 12.0. The molecule has 5 nitrogen and oxygen atoms in total. The molecule has 148 valence electrons. The normalized spacial score (nSPS) is 16.1. The molecule has 1 heterocycles. The van der Waals surface area contributed by atoms with Gasteiger partial charge in [0.25, 0.3) is 5.91 Å². The highest BCUT2D eigenvalue weighted by molar-refractivity contribution is 9.10. The summed E-state index contributed by atoms with van der Waals surface area (Å²) in [6, 6.07) is 14.0. The van der Waals surface area contributed by atoms with Crippen LogP contribution < -0.4 is 5.32 Å². The molecule has 3 rings (SSSR count). The highest BCUT2D eigenvalue weighted by atomic mass is 79.9. The van der Waals surface area contributed by atoms with Crippen molar-refractivity contribution in [1.82, 2.24) is 5.32 Å². The first-order valence-corrected chi connectivity index (χ1v) is 10.3. The molecule has 28 heavy (non-hydrogen) atoms. The van der Waals surface area contributed by atoms with Crippen LogP contribution in [0, 0.1) is 0 Å². The van der Waals surface area contributed by atoms with Gasteiger partial charge in [0.1, 0.15) is 0 Å². The molecule has 2 aromatic carbocycles. The van der Waals surface area contributed by atoms with E-state index in [1.807, 2.05) is 12.1 Å². The van der Waals surface area contributed by atoms with Crippen LogP contribution >= 0.6 is 15.9 Å². The van der Waals surface area contributed by atoms with Crippen molar-refractivity contribution in [2.45, 2.75) is 25.4 Å². The Morgan fingerprint density at radius 3 is 2.57 bits per heavy atom. The predicted octanol–water partition coefficient (Wildman–Crippen LogP) is 4.00. The molecular weight excluding hydrogens is 422 g/mol. The van der Waals surface area contributed by atoms with E-state index in [-0.39, 0.29) is 17.8 Å². The van der Waals surface area contributed by atoms with E-state index in [4.69, 9.17) is 9.47 Å². The monoisotopic (exact) mass is 445 g/mol. The van der Waals surface area contributed by atoms with Gasteiger partial charge in [0.2, 0.25) is 0 Å². The van der Waals surface area contributed by atoms with Crippen LogP contribution in [-0.2, 0) is 9.47 Å². The number of amides is 1. The largest absolute Gasteiger partial charge is 0.379 e. The first-order chi connectivity index (χ1) is 13.6. The molecule has 1 fully saturated rings. The number of carbonyl (C=O) groups excluding carboxylic acids is 2. The van der Waals surface area contributed by atoms with Gasteiger partial charge in [0.15, 0.2) is 5.78 Å². The molecule has 1 saturated heterocycles. The van der Waals surface area contributed by atoms with Crippen LogP contribution in [0.5, 0.6) is 0 Å². The molecule has 1 amide bonds. The standard InChI is InChI=1S/C22H24BrNO4/c23-17-10-8-16(9-11-17)21(25)19-6-1-2-7-20(19)22(26)24-12-4-13-27-15-18-5-3-14-28-18/h1-2,6-11,18H,3-5,12-15H2,(H,24,26). The van der Waals surface area contributed by atoms with Crippen molar-refractivity contribution in [2.24, 2.45) is 0 Å². The zero-order valence-corrected chi connectivity index (χ0v) is 17.2. The van der Waals surface area contributed by atoms with Gasteiger partial charge in [-0.3, -0.25) is 9.59 Å². The molecule has 0 aromatic heterocycles. The Bertz CT molecular complexity index is 800. The molecule has 1 aliphatic rings. The molecular formula is C22H24BrNO4. The van der Waals surface area contributed by atoms with Crippen LogP contribution in [0.4, 0.5) is 0 Å². The minimum absolute atomic E-state index is 0.168. The van der Waals surface area contributed by atoms with E-state index < -0.39 is 0 Å². The Balaban J connectivity index is 1.51. The van der Waals surface area contributed by atoms with Crippen molar-refractivity contribution in [3.63, 3.8) is 0 Å². The maximum Gasteiger partial charge on any atom is 0.252 e. The van der Waals surface area contributed by atoms with Crippen molar-refractivity contribution in [3.8, 4) is 0 Å². The fraction of sp³-hybridized carbons (Fsp3) is 0.364. The number of benzene rings is 2. The molecule has 6 heteroatoms. The van der Waals surface area contributed by atoms with E-state index in [0.717, 1.165) is 23.9 Å². The van der Waals surface area contributed by atoms with E-state index in [9.17, 15) is 9.59 Å². The molecule has 0 bridgehead atoms. The summed E-state index contributed by atoms with van der Waals surface area (Å²) in [7, 11) is 0. The molecule has 0 saturated carbocycles. The minimum Gasteiger partial charge on any atom is -0.379 e. The second-order valence-electron chi connectivity index (χ2n) is 6.70. The number of rotatable bonds is 9. The summed E-state index contributed by atoms with van der Waals surface area (Å²) in [6.45, 7) is 2.49. The lowest BCUT2D eigenvalue weighted by Crippen LogP contribution is -2.27. The summed E-state index contributed by atoms with van der Waals surface area (Å²) >= 11 is 3.36. The number of hydrogen-bond donors (Lipinski definition) is 1. The quantitative estimate of drug-likeness (QED) is 0.467. The third-order valence-corrected chi connectivity index (χ3v) is 5.13. The Morgan fingerprint density at radius 2 is 1.86 bits per heavy atom. The number of nitrogens with one attached hydrogen (secondary N) is 1. The second-order valence-corrected chi connectivity index (χ2v) is 7.62. The zero-order valence-electron chi connectivity index (χ0n) is 15.7. The van der Waals surface area contributed by atoms with E-state index in [0.29, 0.717) is 42.9 Å². The molecule has 0 radical (unpaired) electrons. The minimum atomic E-state index is -0.250. The maximum atomic E-state index is 12.8. The maximum absolute atomic E-state index is 12.8. The Labute approximate surface area is 173 Å². The second kappa shape index (κ2) is 10.5. The summed E-state index contributed by atoms with van der Waals surface area (Å²) in [5.41, 5.74) is 1.33. The number of halogens is 1. The Kier molecular flexibility index (Phi) is 7.77. The highest BCUT2D eigenvalue weighted by Crippen LogP contribution is 2.17. The molecule has 1 N–H and O–H groups in total. The highest BCUT2D eigenvalue weighted by Gasteiger charge is 2.18. The first-order valence-electron chi connectivity index (χ1n) is 9.52. The van der Waals surface area contributed by atoms with Gasteiger partial charge >= 0.3 is 0 Å². The predicted molar refractivity (Wildman–Crippen MR) is 111 cm³/mol. The fourth-order valence-electron chi connectivity index (χ4n) is 3.10. The summed E-state index contributed by atoms with van der Waals surface area (Å²) in [6.07, 6.45) is 3.08. The van der Waals surface area contributed by atoms with Gasteiger partial charge in [0.05, 0.1) is 18.3 Å². The van der Waals surface area contributed by atoms with Crippen LogP contribution in [0.2, 0.25) is 0 Å². The Morgan fingerprint density at radius 1 is 1.11 bits per heavy atom.